The molecule has 0 bridgehead atoms. The van der Waals surface area contributed by atoms with Gasteiger partial charge in [0.05, 0.1) is 6.67 Å². The first kappa shape index (κ1) is 9.41. The van der Waals surface area contributed by atoms with E-state index < -0.39 is 0 Å². The van der Waals surface area contributed by atoms with E-state index in [1.165, 1.54) is 26.2 Å². The van der Waals surface area contributed by atoms with Crippen LogP contribution >= 0.6 is 0 Å². The molecular weight excluding hydrogens is 167 g/mol. The van der Waals surface area contributed by atoms with Crippen molar-refractivity contribution >= 4 is 0 Å². The third kappa shape index (κ3) is 2.02. The van der Waals surface area contributed by atoms with Gasteiger partial charge in [0.25, 0.3) is 0 Å². The summed E-state index contributed by atoms with van der Waals surface area (Å²) in [6, 6.07) is 0. The molecule has 2 saturated heterocycles. The van der Waals surface area contributed by atoms with Crippen molar-refractivity contribution in [2.45, 2.75) is 6.42 Å². The number of nitrogens with zero attached hydrogens (tertiary/aromatic N) is 2. The highest BCUT2D eigenvalue weighted by molar-refractivity contribution is 4.91. The average molecular weight is 186 g/mol. The fraction of sp³-hybridized carbons (Fsp3) is 1.00. The molecule has 2 fully saturated rings. The zero-order chi connectivity index (χ0) is 9.26. The average Bonchev–Trinajstić information content (AvgIpc) is 2.57. The number of hydrogen-bond acceptors (Lipinski definition) is 2. The molecule has 0 aliphatic carbocycles. The van der Waals surface area contributed by atoms with Crippen molar-refractivity contribution in [2.24, 2.45) is 11.8 Å². The fourth-order valence-corrected chi connectivity index (χ4v) is 2.79. The van der Waals surface area contributed by atoms with Crippen LogP contribution in [-0.2, 0) is 0 Å². The molecule has 0 aromatic carbocycles. The molecular formula is C10H19FN2. The molecule has 3 heteroatoms. The van der Waals surface area contributed by atoms with Gasteiger partial charge in [-0.05, 0) is 25.3 Å². The van der Waals surface area contributed by atoms with Gasteiger partial charge in [-0.15, -0.1) is 0 Å². The van der Waals surface area contributed by atoms with E-state index in [2.05, 4.69) is 16.8 Å². The lowest BCUT2D eigenvalue weighted by molar-refractivity contribution is 0.266. The Hall–Kier alpha value is -0.150. The summed E-state index contributed by atoms with van der Waals surface area (Å²) in [6.07, 6.45) is 0.718. The summed E-state index contributed by atoms with van der Waals surface area (Å²) in [6.45, 7) is 5.70. The standard InChI is InChI=1S/C10H19FN2/c1-12-5-9-7-13(4-2-3-11)8-10(9)6-12/h9-10H,2-8H2,1H3/t9-,10+. The molecule has 13 heavy (non-hydrogen) atoms. The normalized spacial score (nSPS) is 35.5. The highest BCUT2D eigenvalue weighted by atomic mass is 19.1. The minimum atomic E-state index is -0.161. The van der Waals surface area contributed by atoms with Crippen molar-refractivity contribution in [3.8, 4) is 0 Å². The lowest BCUT2D eigenvalue weighted by Crippen LogP contribution is -2.27. The minimum absolute atomic E-state index is 0.161. The van der Waals surface area contributed by atoms with Crippen molar-refractivity contribution < 1.29 is 4.39 Å². The van der Waals surface area contributed by atoms with E-state index in [9.17, 15) is 4.39 Å². The van der Waals surface area contributed by atoms with Crippen LogP contribution in [0.1, 0.15) is 6.42 Å². The molecule has 2 aliphatic rings. The lowest BCUT2D eigenvalue weighted by Gasteiger charge is -2.17. The number of halogens is 1. The fourth-order valence-electron chi connectivity index (χ4n) is 2.79. The van der Waals surface area contributed by atoms with Gasteiger partial charge in [0.1, 0.15) is 0 Å². The molecule has 0 N–H and O–H groups in total. The van der Waals surface area contributed by atoms with Crippen LogP contribution in [0.25, 0.3) is 0 Å². The Bertz CT molecular complexity index is 160. The maximum absolute atomic E-state index is 12.0. The Kier molecular flexibility index (Phi) is 2.84. The first-order chi connectivity index (χ1) is 6.29. The molecule has 2 nitrogen and oxygen atoms in total. The van der Waals surface area contributed by atoms with E-state index in [-0.39, 0.29) is 6.67 Å². The predicted molar refractivity (Wildman–Crippen MR) is 51.5 cm³/mol. The number of hydrogen-bond donors (Lipinski definition) is 0. The molecule has 0 aromatic heterocycles. The number of alkyl halides is 1. The van der Waals surface area contributed by atoms with Crippen LogP contribution in [-0.4, -0.2) is 56.2 Å². The molecule has 2 atom stereocenters. The molecule has 0 radical (unpaired) electrons. The van der Waals surface area contributed by atoms with Gasteiger partial charge in [-0.25, -0.2) is 0 Å². The molecule has 2 heterocycles. The molecule has 2 aliphatic heterocycles. The second-order valence-corrected chi connectivity index (χ2v) is 4.54. The molecule has 0 spiro atoms. The SMILES string of the molecule is CN1C[C@@H]2CN(CCCF)C[C@@H]2C1. The summed E-state index contributed by atoms with van der Waals surface area (Å²) in [5.74, 6) is 1.73. The Balaban J connectivity index is 1.77. The van der Waals surface area contributed by atoms with E-state index >= 15 is 0 Å². The quantitative estimate of drug-likeness (QED) is 0.644. The minimum Gasteiger partial charge on any atom is -0.306 e. The summed E-state index contributed by atoms with van der Waals surface area (Å²) in [4.78, 5) is 4.85. The second-order valence-electron chi connectivity index (χ2n) is 4.54. The van der Waals surface area contributed by atoms with E-state index in [1.807, 2.05) is 0 Å². The monoisotopic (exact) mass is 186 g/mol. The zero-order valence-corrected chi connectivity index (χ0v) is 8.38. The number of fused-ring (bicyclic) bond motifs is 1. The highest BCUT2D eigenvalue weighted by Gasteiger charge is 2.37. The van der Waals surface area contributed by atoms with Crippen LogP contribution in [0.5, 0.6) is 0 Å². The summed E-state index contributed by atoms with van der Waals surface area (Å²) in [5.41, 5.74) is 0. The molecule has 76 valence electrons. The van der Waals surface area contributed by atoms with E-state index in [0.29, 0.717) is 0 Å². The lowest BCUT2D eigenvalue weighted by atomic mass is 10.0. The van der Waals surface area contributed by atoms with Gasteiger partial charge in [0, 0.05) is 32.7 Å². The number of likely N-dealkylation sites (tertiary alicyclic amines) is 2. The van der Waals surface area contributed by atoms with E-state index in [0.717, 1.165) is 24.8 Å². The zero-order valence-electron chi connectivity index (χ0n) is 8.38. The van der Waals surface area contributed by atoms with Crippen LogP contribution in [0.4, 0.5) is 4.39 Å². The maximum atomic E-state index is 12.0. The Morgan fingerprint density at radius 3 is 2.31 bits per heavy atom. The molecule has 0 aromatic rings. The maximum Gasteiger partial charge on any atom is 0.0906 e. The molecule has 2 rings (SSSR count). The van der Waals surface area contributed by atoms with Crippen molar-refractivity contribution in [1.29, 1.82) is 0 Å². The molecule has 0 saturated carbocycles. The largest absolute Gasteiger partial charge is 0.306 e. The summed E-state index contributed by atoms with van der Waals surface area (Å²) < 4.78 is 12.0. The van der Waals surface area contributed by atoms with Crippen LogP contribution < -0.4 is 0 Å². The van der Waals surface area contributed by atoms with Gasteiger partial charge < -0.3 is 9.80 Å². The predicted octanol–water partition coefficient (Wildman–Crippen LogP) is 0.839. The van der Waals surface area contributed by atoms with Crippen LogP contribution in [0, 0.1) is 11.8 Å². The first-order valence-electron chi connectivity index (χ1n) is 5.26. The van der Waals surface area contributed by atoms with Crippen molar-refractivity contribution in [2.75, 3.05) is 46.4 Å². The van der Waals surface area contributed by atoms with Gasteiger partial charge in [0.15, 0.2) is 0 Å². The van der Waals surface area contributed by atoms with Crippen molar-refractivity contribution in [3.05, 3.63) is 0 Å². The summed E-state index contributed by atoms with van der Waals surface area (Å²) in [5, 5.41) is 0. The third-order valence-corrected chi connectivity index (χ3v) is 3.35. The van der Waals surface area contributed by atoms with Gasteiger partial charge in [-0.1, -0.05) is 0 Å². The van der Waals surface area contributed by atoms with Crippen molar-refractivity contribution in [3.63, 3.8) is 0 Å². The Morgan fingerprint density at radius 2 is 1.77 bits per heavy atom. The first-order valence-corrected chi connectivity index (χ1v) is 5.26. The smallest absolute Gasteiger partial charge is 0.0906 e. The molecule has 0 amide bonds. The Morgan fingerprint density at radius 1 is 1.15 bits per heavy atom. The molecule has 0 unspecified atom stereocenters. The van der Waals surface area contributed by atoms with Gasteiger partial charge in [-0.2, -0.15) is 0 Å². The van der Waals surface area contributed by atoms with Crippen molar-refractivity contribution in [1.82, 2.24) is 9.80 Å². The van der Waals surface area contributed by atoms with E-state index in [4.69, 9.17) is 0 Å². The topological polar surface area (TPSA) is 6.48 Å². The van der Waals surface area contributed by atoms with Crippen LogP contribution in [0.2, 0.25) is 0 Å². The summed E-state index contributed by atoms with van der Waals surface area (Å²) in [7, 11) is 2.20. The van der Waals surface area contributed by atoms with Gasteiger partial charge in [-0.3, -0.25) is 4.39 Å². The van der Waals surface area contributed by atoms with Crippen LogP contribution in [0.15, 0.2) is 0 Å². The third-order valence-electron chi connectivity index (χ3n) is 3.35. The number of rotatable bonds is 3. The highest BCUT2D eigenvalue weighted by Crippen LogP contribution is 2.29. The van der Waals surface area contributed by atoms with Gasteiger partial charge in [0.2, 0.25) is 0 Å². The second kappa shape index (κ2) is 3.93. The Labute approximate surface area is 79.7 Å². The van der Waals surface area contributed by atoms with Crippen LogP contribution in [0.3, 0.4) is 0 Å². The van der Waals surface area contributed by atoms with Gasteiger partial charge >= 0.3 is 0 Å². The summed E-state index contributed by atoms with van der Waals surface area (Å²) >= 11 is 0. The van der Waals surface area contributed by atoms with E-state index in [1.54, 1.807) is 0 Å².